The van der Waals surface area contributed by atoms with Gasteiger partial charge in [0.2, 0.25) is 0 Å². The number of pyridine rings is 1. The van der Waals surface area contributed by atoms with Gasteiger partial charge in [-0.15, -0.1) is 0 Å². The van der Waals surface area contributed by atoms with Crippen LogP contribution in [-0.2, 0) is 0 Å². The number of aromatic nitrogens is 2. The summed E-state index contributed by atoms with van der Waals surface area (Å²) >= 11 is 5.81. The van der Waals surface area contributed by atoms with Crippen LogP contribution >= 0.6 is 12.2 Å². The van der Waals surface area contributed by atoms with Crippen molar-refractivity contribution < 1.29 is 4.74 Å². The molecule has 5 nitrogen and oxygen atoms in total. The molecule has 6 heteroatoms. The third kappa shape index (κ3) is 3.92. The normalized spacial score (nSPS) is 18.9. The minimum atomic E-state index is -0.0438. The van der Waals surface area contributed by atoms with Crippen LogP contribution in [0.2, 0.25) is 0 Å². The first-order valence-electron chi connectivity index (χ1n) is 10.4. The van der Waals surface area contributed by atoms with Crippen molar-refractivity contribution in [2.45, 2.75) is 51.9 Å². The Morgan fingerprint density at radius 2 is 1.77 bits per heavy atom. The molecule has 1 fully saturated rings. The molecule has 2 aromatic heterocycles. The summed E-state index contributed by atoms with van der Waals surface area (Å²) in [4.78, 5) is 6.82. The summed E-state index contributed by atoms with van der Waals surface area (Å²) in [7, 11) is 0. The van der Waals surface area contributed by atoms with E-state index in [0.29, 0.717) is 11.2 Å². The Morgan fingerprint density at radius 1 is 1.00 bits per heavy atom. The molecule has 1 aliphatic rings. The average Bonchev–Trinajstić information content (AvgIpc) is 3.33. The largest absolute Gasteiger partial charge is 0.491 e. The number of hydrogen-bond donors (Lipinski definition) is 1. The molecule has 0 saturated carbocycles. The molecule has 2 atom stereocenters. The van der Waals surface area contributed by atoms with Crippen LogP contribution in [0.5, 0.6) is 5.75 Å². The zero-order valence-electron chi connectivity index (χ0n) is 17.8. The van der Waals surface area contributed by atoms with E-state index in [0.717, 1.165) is 17.1 Å². The minimum Gasteiger partial charge on any atom is -0.491 e. The van der Waals surface area contributed by atoms with Crippen LogP contribution < -0.4 is 15.0 Å². The number of nitrogens with one attached hydrogen (secondary N) is 1. The predicted molar refractivity (Wildman–Crippen MR) is 125 cm³/mol. The van der Waals surface area contributed by atoms with Gasteiger partial charge in [0, 0.05) is 29.8 Å². The summed E-state index contributed by atoms with van der Waals surface area (Å²) in [6.45, 7) is 8.45. The number of ether oxygens (including phenoxy) is 1. The molecule has 1 N–H and O–H groups in total. The highest BCUT2D eigenvalue weighted by Crippen LogP contribution is 2.42. The maximum Gasteiger partial charge on any atom is 0.174 e. The number of thiocarbonyl (C=S) groups is 1. The molecule has 1 saturated heterocycles. The molecule has 30 heavy (non-hydrogen) atoms. The van der Waals surface area contributed by atoms with Crippen molar-refractivity contribution in [2.24, 2.45) is 0 Å². The first kappa shape index (κ1) is 20.4. The van der Waals surface area contributed by atoms with Crippen molar-refractivity contribution in [1.82, 2.24) is 14.9 Å². The Labute approximate surface area is 183 Å². The van der Waals surface area contributed by atoms with Gasteiger partial charge in [-0.25, -0.2) is 0 Å². The lowest BCUT2D eigenvalue weighted by atomic mass is 10.0. The number of rotatable bonds is 6. The molecular weight excluding hydrogens is 392 g/mol. The number of benzene rings is 1. The minimum absolute atomic E-state index is 0.0123. The first-order valence-corrected chi connectivity index (χ1v) is 10.8. The number of anilines is 1. The van der Waals surface area contributed by atoms with Gasteiger partial charge in [-0.05, 0) is 88.4 Å². The molecule has 0 radical (unpaired) electrons. The molecule has 3 aromatic rings. The molecule has 1 aliphatic heterocycles. The molecule has 0 amide bonds. The molecule has 156 valence electrons. The van der Waals surface area contributed by atoms with Crippen molar-refractivity contribution in [3.8, 4) is 5.75 Å². The smallest absolute Gasteiger partial charge is 0.174 e. The average molecular weight is 421 g/mol. The summed E-state index contributed by atoms with van der Waals surface area (Å²) in [6.07, 6.45) is 4.11. The monoisotopic (exact) mass is 420 g/mol. The van der Waals surface area contributed by atoms with E-state index in [4.69, 9.17) is 17.0 Å². The van der Waals surface area contributed by atoms with E-state index in [2.05, 4.69) is 70.1 Å². The third-order valence-corrected chi connectivity index (χ3v) is 5.57. The van der Waals surface area contributed by atoms with Gasteiger partial charge in [-0.3, -0.25) is 4.98 Å². The van der Waals surface area contributed by atoms with E-state index in [-0.39, 0.29) is 18.2 Å². The second kappa shape index (κ2) is 8.48. The summed E-state index contributed by atoms with van der Waals surface area (Å²) in [5.41, 5.74) is 3.21. The van der Waals surface area contributed by atoms with Crippen LogP contribution in [0.4, 0.5) is 5.69 Å². The second-order valence-electron chi connectivity index (χ2n) is 8.09. The standard InChI is InChI=1S/C24H28N4OS/c1-16(2)27-15-7-9-21(27)23-22(20-8-5-6-14-25-20)26-24(30)28(23)18-10-12-19(13-11-18)29-17(3)4/h5-17,22-23H,1-4H3,(H,26,30)/t22-,23+/m0/s1. The Kier molecular flexibility index (Phi) is 5.77. The highest BCUT2D eigenvalue weighted by molar-refractivity contribution is 7.80. The number of nitrogens with zero attached hydrogens (tertiary/aromatic N) is 3. The van der Waals surface area contributed by atoms with Crippen molar-refractivity contribution >= 4 is 23.0 Å². The molecule has 0 unspecified atom stereocenters. The van der Waals surface area contributed by atoms with Crippen molar-refractivity contribution in [3.05, 3.63) is 78.4 Å². The van der Waals surface area contributed by atoms with E-state index in [1.165, 1.54) is 5.69 Å². The summed E-state index contributed by atoms with van der Waals surface area (Å²) < 4.78 is 8.12. The van der Waals surface area contributed by atoms with Gasteiger partial charge >= 0.3 is 0 Å². The molecule has 0 bridgehead atoms. The fourth-order valence-corrected chi connectivity index (χ4v) is 4.36. The molecule has 0 aliphatic carbocycles. The van der Waals surface area contributed by atoms with Crippen LogP contribution in [0.15, 0.2) is 67.0 Å². The highest BCUT2D eigenvalue weighted by Gasteiger charge is 2.42. The zero-order chi connectivity index (χ0) is 21.3. The molecular formula is C24H28N4OS. The molecule has 3 heterocycles. The lowest BCUT2D eigenvalue weighted by Gasteiger charge is -2.30. The van der Waals surface area contributed by atoms with Gasteiger partial charge in [0.15, 0.2) is 5.11 Å². The van der Waals surface area contributed by atoms with Gasteiger partial charge in [-0.2, -0.15) is 0 Å². The van der Waals surface area contributed by atoms with Gasteiger partial charge in [-0.1, -0.05) is 6.07 Å². The summed E-state index contributed by atoms with van der Waals surface area (Å²) in [6, 6.07) is 18.7. The lowest BCUT2D eigenvalue weighted by molar-refractivity contribution is 0.242. The van der Waals surface area contributed by atoms with Crippen LogP contribution in [0.3, 0.4) is 0 Å². The Bertz CT molecular complexity index is 998. The van der Waals surface area contributed by atoms with E-state index in [9.17, 15) is 0 Å². The van der Waals surface area contributed by atoms with E-state index in [1.807, 2.05) is 44.3 Å². The SMILES string of the molecule is CC(C)Oc1ccc(N2C(=S)N[C@@H](c3ccccn3)[C@H]2c2cccn2C(C)C)cc1. The van der Waals surface area contributed by atoms with Gasteiger partial charge in [0.1, 0.15) is 11.8 Å². The fraction of sp³-hybridized carbons (Fsp3) is 0.333. The topological polar surface area (TPSA) is 42.3 Å². The van der Waals surface area contributed by atoms with Crippen LogP contribution in [-0.4, -0.2) is 20.8 Å². The van der Waals surface area contributed by atoms with Gasteiger partial charge < -0.3 is 19.5 Å². The highest BCUT2D eigenvalue weighted by atomic mass is 32.1. The quantitative estimate of drug-likeness (QED) is 0.539. The molecule has 0 spiro atoms. The van der Waals surface area contributed by atoms with Crippen LogP contribution in [0.1, 0.15) is 57.2 Å². The van der Waals surface area contributed by atoms with Crippen molar-refractivity contribution in [2.75, 3.05) is 4.90 Å². The van der Waals surface area contributed by atoms with E-state index >= 15 is 0 Å². The van der Waals surface area contributed by atoms with Crippen molar-refractivity contribution in [3.63, 3.8) is 0 Å². The Morgan fingerprint density at radius 3 is 2.40 bits per heavy atom. The number of hydrogen-bond acceptors (Lipinski definition) is 3. The molecule has 1 aromatic carbocycles. The van der Waals surface area contributed by atoms with Gasteiger partial charge in [0.05, 0.1) is 17.8 Å². The maximum absolute atomic E-state index is 5.82. The Hall–Kier alpha value is -2.86. The van der Waals surface area contributed by atoms with Gasteiger partial charge in [0.25, 0.3) is 0 Å². The van der Waals surface area contributed by atoms with Crippen molar-refractivity contribution in [1.29, 1.82) is 0 Å². The lowest BCUT2D eigenvalue weighted by Crippen LogP contribution is -2.30. The molecule has 4 rings (SSSR count). The van der Waals surface area contributed by atoms with E-state index < -0.39 is 0 Å². The maximum atomic E-state index is 5.82. The predicted octanol–water partition coefficient (Wildman–Crippen LogP) is 5.43. The van der Waals surface area contributed by atoms with Crippen LogP contribution in [0, 0.1) is 0 Å². The van der Waals surface area contributed by atoms with E-state index in [1.54, 1.807) is 0 Å². The van der Waals surface area contributed by atoms with Crippen LogP contribution in [0.25, 0.3) is 0 Å². The second-order valence-corrected chi connectivity index (χ2v) is 8.48. The summed E-state index contributed by atoms with van der Waals surface area (Å²) in [5, 5.41) is 4.22. The zero-order valence-corrected chi connectivity index (χ0v) is 18.6. The first-order chi connectivity index (χ1) is 14.5. The summed E-state index contributed by atoms with van der Waals surface area (Å²) in [5.74, 6) is 0.857. The third-order valence-electron chi connectivity index (χ3n) is 5.26. The Balaban J connectivity index is 1.77. The fourth-order valence-electron chi connectivity index (χ4n) is 4.02.